The van der Waals surface area contributed by atoms with Crippen LogP contribution in [0.25, 0.3) is 0 Å². The molecule has 1 amide bonds. The van der Waals surface area contributed by atoms with Crippen molar-refractivity contribution in [2.45, 2.75) is 32.5 Å². The van der Waals surface area contributed by atoms with Crippen LogP contribution in [0.5, 0.6) is 5.75 Å². The van der Waals surface area contributed by atoms with E-state index in [0.29, 0.717) is 19.6 Å². The van der Waals surface area contributed by atoms with E-state index in [1.54, 1.807) is 0 Å². The molecule has 4 heteroatoms. The summed E-state index contributed by atoms with van der Waals surface area (Å²) in [5.41, 5.74) is 7.68. The second kappa shape index (κ2) is 8.20. The Bertz CT molecular complexity index is 597. The highest BCUT2D eigenvalue weighted by atomic mass is 16.5. The van der Waals surface area contributed by atoms with Crippen LogP contribution in [0, 0.1) is 0 Å². The fraction of sp³-hybridized carbons (Fsp3) is 0.278. The smallest absolute Gasteiger partial charge is 0.221 e. The first kappa shape index (κ1) is 16.0. The number of nitrogens with two attached hydrogens (primary N) is 1. The zero-order chi connectivity index (χ0) is 15.8. The summed E-state index contributed by atoms with van der Waals surface area (Å²) in [5, 5.41) is 2.87. The van der Waals surface area contributed by atoms with E-state index in [2.05, 4.69) is 5.32 Å². The van der Waals surface area contributed by atoms with E-state index in [4.69, 9.17) is 10.5 Å². The van der Waals surface area contributed by atoms with Gasteiger partial charge >= 0.3 is 0 Å². The molecule has 0 saturated carbocycles. The maximum atomic E-state index is 11.7. The molecule has 0 spiro atoms. The van der Waals surface area contributed by atoms with Crippen molar-refractivity contribution in [3.8, 4) is 5.75 Å². The predicted molar refractivity (Wildman–Crippen MR) is 87.3 cm³/mol. The predicted octanol–water partition coefficient (Wildman–Crippen LogP) is 2.62. The highest BCUT2D eigenvalue weighted by molar-refractivity contribution is 5.76. The highest BCUT2D eigenvalue weighted by Crippen LogP contribution is 2.19. The Hall–Kier alpha value is -2.33. The SMILES string of the molecule is CC(N)CC(=O)NCc1ccccc1OCc1ccccc1. The molecule has 0 heterocycles. The van der Waals surface area contributed by atoms with Crippen LogP contribution in [0.15, 0.2) is 54.6 Å². The summed E-state index contributed by atoms with van der Waals surface area (Å²) < 4.78 is 5.86. The molecule has 0 saturated heterocycles. The maximum Gasteiger partial charge on any atom is 0.221 e. The zero-order valence-electron chi connectivity index (χ0n) is 12.8. The number of hydrogen-bond acceptors (Lipinski definition) is 3. The third kappa shape index (κ3) is 5.22. The molecule has 3 N–H and O–H groups in total. The topological polar surface area (TPSA) is 64.4 Å². The lowest BCUT2D eigenvalue weighted by molar-refractivity contribution is -0.121. The number of ether oxygens (including phenoxy) is 1. The monoisotopic (exact) mass is 298 g/mol. The van der Waals surface area contributed by atoms with Gasteiger partial charge in [0, 0.05) is 24.6 Å². The van der Waals surface area contributed by atoms with E-state index < -0.39 is 0 Å². The Labute approximate surface area is 131 Å². The van der Waals surface area contributed by atoms with Gasteiger partial charge in [-0.2, -0.15) is 0 Å². The number of hydrogen-bond donors (Lipinski definition) is 2. The Morgan fingerprint density at radius 1 is 1.14 bits per heavy atom. The van der Waals surface area contributed by atoms with Crippen molar-refractivity contribution in [3.63, 3.8) is 0 Å². The Morgan fingerprint density at radius 2 is 1.82 bits per heavy atom. The minimum Gasteiger partial charge on any atom is -0.489 e. The van der Waals surface area contributed by atoms with E-state index in [1.807, 2.05) is 61.5 Å². The third-order valence-corrected chi connectivity index (χ3v) is 3.19. The lowest BCUT2D eigenvalue weighted by atomic mass is 10.2. The Morgan fingerprint density at radius 3 is 2.55 bits per heavy atom. The molecule has 22 heavy (non-hydrogen) atoms. The molecule has 1 unspecified atom stereocenters. The molecule has 116 valence electrons. The molecule has 0 bridgehead atoms. The Kier molecular flexibility index (Phi) is 5.98. The van der Waals surface area contributed by atoms with E-state index >= 15 is 0 Å². The molecule has 4 nitrogen and oxygen atoms in total. The van der Waals surface area contributed by atoms with Crippen molar-refractivity contribution in [1.29, 1.82) is 0 Å². The second-order valence-electron chi connectivity index (χ2n) is 5.34. The van der Waals surface area contributed by atoms with Crippen LogP contribution < -0.4 is 15.8 Å². The van der Waals surface area contributed by atoms with Crippen molar-refractivity contribution in [1.82, 2.24) is 5.32 Å². The van der Waals surface area contributed by atoms with Gasteiger partial charge in [-0.3, -0.25) is 4.79 Å². The van der Waals surface area contributed by atoms with Gasteiger partial charge in [-0.15, -0.1) is 0 Å². The maximum absolute atomic E-state index is 11.7. The number of rotatable bonds is 7. The van der Waals surface area contributed by atoms with Crippen molar-refractivity contribution < 1.29 is 9.53 Å². The highest BCUT2D eigenvalue weighted by Gasteiger charge is 2.07. The van der Waals surface area contributed by atoms with Gasteiger partial charge in [0.1, 0.15) is 12.4 Å². The van der Waals surface area contributed by atoms with E-state index in [1.165, 1.54) is 0 Å². The molecule has 0 aliphatic heterocycles. The molecule has 1 atom stereocenters. The van der Waals surface area contributed by atoms with E-state index in [-0.39, 0.29) is 11.9 Å². The quantitative estimate of drug-likeness (QED) is 0.826. The summed E-state index contributed by atoms with van der Waals surface area (Å²) in [6.45, 7) is 2.76. The van der Waals surface area contributed by atoms with Crippen molar-refractivity contribution in [2.24, 2.45) is 5.73 Å². The van der Waals surface area contributed by atoms with Gasteiger partial charge in [-0.05, 0) is 18.6 Å². The minimum atomic E-state index is -0.135. The van der Waals surface area contributed by atoms with Gasteiger partial charge in [0.05, 0.1) is 0 Å². The van der Waals surface area contributed by atoms with Gasteiger partial charge < -0.3 is 15.8 Å². The lowest BCUT2D eigenvalue weighted by Gasteiger charge is -2.13. The summed E-state index contributed by atoms with van der Waals surface area (Å²) in [6, 6.07) is 17.6. The molecule has 0 aliphatic rings. The minimum absolute atomic E-state index is 0.0483. The average molecular weight is 298 g/mol. The van der Waals surface area contributed by atoms with Crippen LogP contribution in [0.4, 0.5) is 0 Å². The van der Waals surface area contributed by atoms with Crippen molar-refractivity contribution >= 4 is 5.91 Å². The molecule has 0 radical (unpaired) electrons. The van der Waals surface area contributed by atoms with E-state index in [0.717, 1.165) is 16.9 Å². The normalized spacial score (nSPS) is 11.7. The Balaban J connectivity index is 1.93. The van der Waals surface area contributed by atoms with Crippen molar-refractivity contribution in [3.05, 3.63) is 65.7 Å². The fourth-order valence-corrected chi connectivity index (χ4v) is 2.08. The number of amides is 1. The molecule has 2 rings (SSSR count). The van der Waals surface area contributed by atoms with E-state index in [9.17, 15) is 4.79 Å². The van der Waals surface area contributed by atoms with Crippen LogP contribution in [0.2, 0.25) is 0 Å². The molecule has 2 aromatic rings. The van der Waals surface area contributed by atoms with Gasteiger partial charge in [-0.25, -0.2) is 0 Å². The van der Waals surface area contributed by atoms with Crippen LogP contribution in [0.1, 0.15) is 24.5 Å². The van der Waals surface area contributed by atoms with Crippen LogP contribution in [0.3, 0.4) is 0 Å². The molecular formula is C18H22N2O2. The number of nitrogens with one attached hydrogen (secondary N) is 1. The second-order valence-corrected chi connectivity index (χ2v) is 5.34. The van der Waals surface area contributed by atoms with Crippen LogP contribution in [-0.2, 0) is 17.9 Å². The number of benzene rings is 2. The number of para-hydroxylation sites is 1. The standard InChI is InChI=1S/C18H22N2O2/c1-14(19)11-18(21)20-12-16-9-5-6-10-17(16)22-13-15-7-3-2-4-8-15/h2-10,14H,11-13,19H2,1H3,(H,20,21). The van der Waals surface area contributed by atoms with Gasteiger partial charge in [0.2, 0.25) is 5.91 Å². The van der Waals surface area contributed by atoms with Crippen molar-refractivity contribution in [2.75, 3.05) is 0 Å². The van der Waals surface area contributed by atoms with Crippen LogP contribution in [-0.4, -0.2) is 11.9 Å². The van der Waals surface area contributed by atoms with Crippen LogP contribution >= 0.6 is 0 Å². The third-order valence-electron chi connectivity index (χ3n) is 3.19. The first-order valence-corrected chi connectivity index (χ1v) is 7.42. The fourth-order valence-electron chi connectivity index (χ4n) is 2.08. The summed E-state index contributed by atoms with van der Waals surface area (Å²) in [5.74, 6) is 0.736. The summed E-state index contributed by atoms with van der Waals surface area (Å²) in [4.78, 5) is 11.7. The zero-order valence-corrected chi connectivity index (χ0v) is 12.8. The first-order chi connectivity index (χ1) is 10.6. The molecular weight excluding hydrogens is 276 g/mol. The average Bonchev–Trinajstić information content (AvgIpc) is 2.52. The first-order valence-electron chi connectivity index (χ1n) is 7.42. The summed E-state index contributed by atoms with van der Waals surface area (Å²) in [6.07, 6.45) is 0.326. The number of carbonyl (C=O) groups is 1. The largest absolute Gasteiger partial charge is 0.489 e. The number of carbonyl (C=O) groups excluding carboxylic acids is 1. The van der Waals surface area contributed by atoms with Gasteiger partial charge in [0.15, 0.2) is 0 Å². The molecule has 0 fully saturated rings. The lowest BCUT2D eigenvalue weighted by Crippen LogP contribution is -2.29. The molecule has 0 aromatic heterocycles. The summed E-state index contributed by atoms with van der Waals surface area (Å²) in [7, 11) is 0. The van der Waals surface area contributed by atoms with Gasteiger partial charge in [-0.1, -0.05) is 48.5 Å². The molecule has 0 aliphatic carbocycles. The molecule has 2 aromatic carbocycles. The summed E-state index contributed by atoms with van der Waals surface area (Å²) >= 11 is 0. The van der Waals surface area contributed by atoms with Gasteiger partial charge in [0.25, 0.3) is 0 Å².